The molecular weight excluding hydrogens is 380 g/mol. The van der Waals surface area contributed by atoms with Gasteiger partial charge in [-0.15, -0.1) is 0 Å². The Morgan fingerprint density at radius 2 is 1.93 bits per heavy atom. The van der Waals surface area contributed by atoms with Crippen LogP contribution in [0.4, 0.5) is 0 Å². The summed E-state index contributed by atoms with van der Waals surface area (Å²) in [5.74, 6) is 0.304. The summed E-state index contributed by atoms with van der Waals surface area (Å²) in [4.78, 5) is 39.7. The van der Waals surface area contributed by atoms with E-state index in [4.69, 9.17) is 0 Å². The average molecular weight is 404 g/mol. The highest BCUT2D eigenvalue weighted by molar-refractivity contribution is 6.06. The second-order valence-electron chi connectivity index (χ2n) is 7.78. The minimum atomic E-state index is -0.211. The van der Waals surface area contributed by atoms with E-state index in [1.165, 1.54) is 0 Å². The number of carbonyl (C=O) groups excluding carboxylic acids is 1. The summed E-state index contributed by atoms with van der Waals surface area (Å²) < 4.78 is 1.69. The first-order valence-corrected chi connectivity index (χ1v) is 9.86. The molecule has 1 N–H and O–H groups in total. The smallest absolute Gasteiger partial charge is 0.258 e. The molecule has 154 valence electrons. The summed E-state index contributed by atoms with van der Waals surface area (Å²) >= 11 is 0. The second-order valence-corrected chi connectivity index (χ2v) is 7.78. The van der Waals surface area contributed by atoms with Crippen LogP contribution >= 0.6 is 0 Å². The molecule has 3 aromatic heterocycles. The van der Waals surface area contributed by atoms with Crippen molar-refractivity contribution in [3.8, 4) is 0 Å². The molecule has 0 fully saturated rings. The summed E-state index contributed by atoms with van der Waals surface area (Å²) in [6, 6.07) is 8.87. The van der Waals surface area contributed by atoms with Crippen LogP contribution < -0.4 is 5.56 Å². The van der Waals surface area contributed by atoms with Crippen LogP contribution in [0, 0.1) is 13.8 Å². The van der Waals surface area contributed by atoms with Crippen molar-refractivity contribution in [3.05, 3.63) is 63.5 Å². The fraction of sp³-hybridized carbons (Fsp3) is 0.318. The van der Waals surface area contributed by atoms with Crippen molar-refractivity contribution in [1.82, 2.24) is 29.6 Å². The van der Waals surface area contributed by atoms with Crippen LogP contribution in [-0.4, -0.2) is 41.6 Å². The maximum Gasteiger partial charge on any atom is 0.258 e. The first-order valence-electron chi connectivity index (χ1n) is 9.86. The van der Waals surface area contributed by atoms with E-state index in [0.29, 0.717) is 27.9 Å². The molecule has 0 aliphatic heterocycles. The van der Waals surface area contributed by atoms with Crippen molar-refractivity contribution in [1.29, 1.82) is 0 Å². The third-order valence-corrected chi connectivity index (χ3v) is 5.19. The van der Waals surface area contributed by atoms with Gasteiger partial charge in [-0.05, 0) is 45.9 Å². The van der Waals surface area contributed by atoms with Gasteiger partial charge in [0.25, 0.3) is 11.5 Å². The molecule has 4 aromatic rings. The molecular formula is C22H24N6O2. The molecule has 0 saturated heterocycles. The van der Waals surface area contributed by atoms with Gasteiger partial charge >= 0.3 is 0 Å². The Bertz CT molecular complexity index is 1330. The van der Waals surface area contributed by atoms with Gasteiger partial charge < -0.3 is 9.88 Å². The number of aromatic amines is 1. The van der Waals surface area contributed by atoms with E-state index >= 15 is 0 Å². The van der Waals surface area contributed by atoms with Crippen LogP contribution in [0.25, 0.3) is 21.9 Å². The number of rotatable bonds is 4. The van der Waals surface area contributed by atoms with Gasteiger partial charge in [-0.3, -0.25) is 14.3 Å². The van der Waals surface area contributed by atoms with Crippen molar-refractivity contribution < 1.29 is 4.79 Å². The molecule has 0 aliphatic carbocycles. The second kappa shape index (κ2) is 7.37. The van der Waals surface area contributed by atoms with Crippen LogP contribution in [0.15, 0.2) is 35.1 Å². The predicted octanol–water partition coefficient (Wildman–Crippen LogP) is 2.87. The number of amides is 1. The van der Waals surface area contributed by atoms with Crippen molar-refractivity contribution in [2.24, 2.45) is 7.05 Å². The van der Waals surface area contributed by atoms with E-state index in [2.05, 4.69) is 20.1 Å². The number of hydrogen-bond donors (Lipinski definition) is 1. The maximum atomic E-state index is 13.6. The van der Waals surface area contributed by atoms with Crippen LogP contribution in [0.3, 0.4) is 0 Å². The van der Waals surface area contributed by atoms with E-state index in [0.717, 1.165) is 16.8 Å². The summed E-state index contributed by atoms with van der Waals surface area (Å²) in [5.41, 5.74) is 3.13. The van der Waals surface area contributed by atoms with Gasteiger partial charge in [0.15, 0.2) is 5.65 Å². The van der Waals surface area contributed by atoms with Gasteiger partial charge in [0, 0.05) is 18.8 Å². The number of fused-ring (bicyclic) bond motifs is 2. The molecule has 0 radical (unpaired) electrons. The highest BCUT2D eigenvalue weighted by Crippen LogP contribution is 2.24. The van der Waals surface area contributed by atoms with Gasteiger partial charge in [0.1, 0.15) is 5.82 Å². The van der Waals surface area contributed by atoms with Crippen molar-refractivity contribution in [3.63, 3.8) is 0 Å². The Balaban J connectivity index is 1.79. The van der Waals surface area contributed by atoms with Crippen LogP contribution in [0.2, 0.25) is 0 Å². The zero-order chi connectivity index (χ0) is 21.6. The number of nitrogens with zero attached hydrogens (tertiary/aromatic N) is 5. The van der Waals surface area contributed by atoms with E-state index < -0.39 is 0 Å². The number of carbonyl (C=O) groups is 1. The largest absolute Gasteiger partial charge is 0.329 e. The topological polar surface area (TPSA) is 96.8 Å². The van der Waals surface area contributed by atoms with E-state index in [1.807, 2.05) is 40.8 Å². The molecule has 4 rings (SSSR count). The minimum absolute atomic E-state index is 0.102. The predicted molar refractivity (Wildman–Crippen MR) is 115 cm³/mol. The van der Waals surface area contributed by atoms with Crippen molar-refractivity contribution >= 4 is 27.8 Å². The normalized spacial score (nSPS) is 11.5. The summed E-state index contributed by atoms with van der Waals surface area (Å²) in [7, 11) is 1.82. The lowest BCUT2D eigenvalue weighted by Gasteiger charge is -2.27. The van der Waals surface area contributed by atoms with Crippen LogP contribution in [0.1, 0.15) is 41.4 Å². The molecule has 1 aromatic carbocycles. The highest BCUT2D eigenvalue weighted by Gasteiger charge is 2.25. The molecule has 1 amide bonds. The van der Waals surface area contributed by atoms with Gasteiger partial charge in [-0.2, -0.15) is 5.10 Å². The lowest BCUT2D eigenvalue weighted by atomic mass is 10.1. The molecule has 3 heterocycles. The first-order chi connectivity index (χ1) is 14.3. The molecule has 0 aliphatic rings. The van der Waals surface area contributed by atoms with Crippen LogP contribution in [-0.2, 0) is 13.6 Å². The van der Waals surface area contributed by atoms with E-state index in [1.54, 1.807) is 33.8 Å². The summed E-state index contributed by atoms with van der Waals surface area (Å²) in [5, 5.41) is 5.71. The first kappa shape index (κ1) is 19.8. The average Bonchev–Trinajstić information content (AvgIpc) is 2.98. The van der Waals surface area contributed by atoms with Crippen molar-refractivity contribution in [2.45, 2.75) is 40.3 Å². The number of nitrogens with one attached hydrogen (secondary N) is 1. The number of para-hydroxylation sites is 1. The Hall–Kier alpha value is -3.55. The quantitative estimate of drug-likeness (QED) is 0.564. The Morgan fingerprint density at radius 3 is 2.67 bits per heavy atom. The Kier molecular flexibility index (Phi) is 4.85. The standard InChI is InChI=1S/C22H24N6O2/c1-12(2)28(11-18-24-17-9-7-6-8-15(17)21(29)25-18)22(30)16-10-13(3)23-20-19(16)14(4)26-27(20)5/h6-10,12H,11H2,1-5H3,(H,24,25,29). The number of aromatic nitrogens is 5. The Labute approximate surface area is 173 Å². The number of H-pyrrole nitrogens is 1. The molecule has 30 heavy (non-hydrogen) atoms. The number of benzene rings is 1. The number of aryl methyl sites for hydroxylation is 3. The monoisotopic (exact) mass is 404 g/mol. The number of hydrogen-bond acceptors (Lipinski definition) is 5. The summed E-state index contributed by atoms with van der Waals surface area (Å²) in [6.45, 7) is 7.81. The third kappa shape index (κ3) is 3.34. The molecule has 0 saturated carbocycles. The number of pyridine rings is 1. The molecule has 0 atom stereocenters. The minimum Gasteiger partial charge on any atom is -0.329 e. The molecule has 0 unspecified atom stereocenters. The fourth-order valence-electron chi connectivity index (χ4n) is 3.75. The lowest BCUT2D eigenvalue weighted by Crippen LogP contribution is -2.37. The third-order valence-electron chi connectivity index (χ3n) is 5.19. The summed E-state index contributed by atoms with van der Waals surface area (Å²) in [6.07, 6.45) is 0. The lowest BCUT2D eigenvalue weighted by molar-refractivity contribution is 0.0687. The van der Waals surface area contributed by atoms with E-state index in [-0.39, 0.29) is 24.1 Å². The zero-order valence-electron chi connectivity index (χ0n) is 17.7. The van der Waals surface area contributed by atoms with Gasteiger partial charge in [0.05, 0.1) is 34.1 Å². The molecule has 8 nitrogen and oxygen atoms in total. The van der Waals surface area contributed by atoms with Crippen LogP contribution in [0.5, 0.6) is 0 Å². The zero-order valence-corrected chi connectivity index (χ0v) is 17.7. The fourth-order valence-corrected chi connectivity index (χ4v) is 3.75. The molecule has 8 heteroatoms. The van der Waals surface area contributed by atoms with Crippen molar-refractivity contribution in [2.75, 3.05) is 0 Å². The van der Waals surface area contributed by atoms with Gasteiger partial charge in [-0.1, -0.05) is 12.1 Å². The maximum absolute atomic E-state index is 13.6. The van der Waals surface area contributed by atoms with Gasteiger partial charge in [-0.25, -0.2) is 9.97 Å². The van der Waals surface area contributed by atoms with E-state index in [9.17, 15) is 9.59 Å². The molecule has 0 bridgehead atoms. The molecule has 0 spiro atoms. The Morgan fingerprint density at radius 1 is 1.20 bits per heavy atom. The van der Waals surface area contributed by atoms with Gasteiger partial charge in [0.2, 0.25) is 0 Å². The SMILES string of the molecule is Cc1cc(C(=O)N(Cc2nc3ccccc3c(=O)[nH]2)C(C)C)c2c(C)nn(C)c2n1. The highest BCUT2D eigenvalue weighted by atomic mass is 16.2.